The number of nitrogens with zero attached hydrogens (tertiary/aromatic N) is 2. The molecule has 0 saturated carbocycles. The van der Waals surface area contributed by atoms with Gasteiger partial charge in [-0.1, -0.05) is 60.7 Å². The Balaban J connectivity index is 1.71. The number of sulfonamides is 1. The molecular formula is C32H38N6O8S. The number of hydrogen-bond acceptors (Lipinski definition) is 9. The number of hydrogen-bond donors (Lipinski definition) is 6. The number of benzene rings is 3. The van der Waals surface area contributed by atoms with E-state index in [9.17, 15) is 37.8 Å². The van der Waals surface area contributed by atoms with Gasteiger partial charge in [0.1, 0.15) is 6.04 Å². The van der Waals surface area contributed by atoms with Crippen LogP contribution < -0.4 is 21.2 Å². The van der Waals surface area contributed by atoms with E-state index in [-0.39, 0.29) is 23.0 Å². The highest BCUT2D eigenvalue weighted by Crippen LogP contribution is 2.27. The van der Waals surface area contributed by atoms with Crippen LogP contribution in [0, 0.1) is 5.92 Å². The molecule has 1 aliphatic heterocycles. The maximum absolute atomic E-state index is 14.0. The number of carbonyl (C=O) groups is 4. The van der Waals surface area contributed by atoms with Gasteiger partial charge in [-0.15, -0.1) is 0 Å². The summed E-state index contributed by atoms with van der Waals surface area (Å²) in [7, 11) is -4.42. The van der Waals surface area contributed by atoms with Crippen LogP contribution >= 0.6 is 0 Å². The van der Waals surface area contributed by atoms with Crippen molar-refractivity contribution in [2.45, 2.75) is 48.7 Å². The zero-order valence-electron chi connectivity index (χ0n) is 25.5. The minimum Gasteiger partial charge on any atom is -0.481 e. The Morgan fingerprint density at radius 2 is 1.70 bits per heavy atom. The molecule has 4 atom stereocenters. The molecule has 0 aliphatic carbocycles. The van der Waals surface area contributed by atoms with Crippen molar-refractivity contribution in [3.05, 3.63) is 78.4 Å². The van der Waals surface area contributed by atoms with Crippen molar-refractivity contribution >= 4 is 50.8 Å². The number of carboxylic acid groups (broad SMARTS) is 2. The highest BCUT2D eigenvalue weighted by molar-refractivity contribution is 7.89. The Kier molecular flexibility index (Phi) is 12.0. The monoisotopic (exact) mass is 666 g/mol. The van der Waals surface area contributed by atoms with Crippen molar-refractivity contribution in [2.24, 2.45) is 16.9 Å². The molecule has 1 heterocycles. The van der Waals surface area contributed by atoms with E-state index in [1.807, 2.05) is 12.1 Å². The summed E-state index contributed by atoms with van der Waals surface area (Å²) in [5.74, 6) is -0.778. The third kappa shape index (κ3) is 9.34. The Morgan fingerprint density at radius 3 is 2.34 bits per heavy atom. The number of rotatable bonds is 15. The van der Waals surface area contributed by atoms with E-state index in [2.05, 4.69) is 20.5 Å². The second-order valence-corrected chi connectivity index (χ2v) is 12.9. The number of carbonyl (C=O) groups excluding carboxylic acids is 2. The van der Waals surface area contributed by atoms with Crippen LogP contribution in [-0.2, 0) is 29.2 Å². The summed E-state index contributed by atoms with van der Waals surface area (Å²) in [5, 5.41) is 30.1. The minimum absolute atomic E-state index is 0.0137. The molecule has 2 amide bonds. The average Bonchev–Trinajstić information content (AvgIpc) is 3.06. The second kappa shape index (κ2) is 16.1. The molecule has 7 N–H and O–H groups in total. The van der Waals surface area contributed by atoms with Gasteiger partial charge in [0.05, 0.1) is 36.2 Å². The molecule has 0 bridgehead atoms. The van der Waals surface area contributed by atoms with Crippen LogP contribution in [-0.4, -0.2) is 85.2 Å². The Bertz CT molecular complexity index is 1710. The van der Waals surface area contributed by atoms with Gasteiger partial charge in [0.25, 0.3) is 0 Å². The third-order valence-electron chi connectivity index (χ3n) is 8.01. The van der Waals surface area contributed by atoms with Crippen LogP contribution in [0.1, 0.15) is 37.3 Å². The predicted octanol–water partition coefficient (Wildman–Crippen LogP) is 1.43. The van der Waals surface area contributed by atoms with Crippen molar-refractivity contribution in [3.8, 4) is 0 Å². The number of nitrogens with two attached hydrogens (primary N) is 1. The zero-order chi connectivity index (χ0) is 34.0. The van der Waals surface area contributed by atoms with Crippen LogP contribution in [0.15, 0.2) is 82.8 Å². The molecule has 0 aromatic heterocycles. The highest BCUT2D eigenvalue weighted by Gasteiger charge is 2.37. The molecule has 15 heteroatoms. The predicted molar refractivity (Wildman–Crippen MR) is 174 cm³/mol. The lowest BCUT2D eigenvalue weighted by Crippen LogP contribution is -2.54. The Hall–Kier alpha value is -4.86. The number of hydrazone groups is 1. The summed E-state index contributed by atoms with van der Waals surface area (Å²) >= 11 is 0. The first kappa shape index (κ1) is 35.0. The molecule has 1 fully saturated rings. The van der Waals surface area contributed by atoms with Gasteiger partial charge in [-0.05, 0) is 47.9 Å². The van der Waals surface area contributed by atoms with E-state index < -0.39 is 64.6 Å². The molecule has 250 valence electrons. The molecule has 1 aliphatic rings. The normalized spacial score (nSPS) is 17.1. The van der Waals surface area contributed by atoms with E-state index in [0.29, 0.717) is 18.4 Å². The lowest BCUT2D eigenvalue weighted by molar-refractivity contribution is -0.150. The lowest BCUT2D eigenvalue weighted by atomic mass is 9.90. The topological polar surface area (TPSA) is 221 Å². The largest absolute Gasteiger partial charge is 0.481 e. The van der Waals surface area contributed by atoms with Gasteiger partial charge >= 0.3 is 11.9 Å². The molecule has 0 spiro atoms. The first-order chi connectivity index (χ1) is 22.5. The summed E-state index contributed by atoms with van der Waals surface area (Å²) in [4.78, 5) is 53.0. The van der Waals surface area contributed by atoms with E-state index in [4.69, 9.17) is 5.84 Å². The van der Waals surface area contributed by atoms with Gasteiger partial charge in [0, 0.05) is 18.8 Å². The first-order valence-corrected chi connectivity index (χ1v) is 16.5. The summed E-state index contributed by atoms with van der Waals surface area (Å²) in [6.07, 6.45) is 1.30. The average molecular weight is 667 g/mol. The van der Waals surface area contributed by atoms with E-state index in [0.717, 1.165) is 18.4 Å². The Morgan fingerprint density at radius 1 is 1.00 bits per heavy atom. The summed E-state index contributed by atoms with van der Waals surface area (Å²) < 4.78 is 29.8. The van der Waals surface area contributed by atoms with Crippen LogP contribution in [0.5, 0.6) is 0 Å². The van der Waals surface area contributed by atoms with Crippen LogP contribution in [0.2, 0.25) is 0 Å². The number of amides is 2. The fraction of sp³-hybridized carbons (Fsp3) is 0.344. The van der Waals surface area contributed by atoms with Crippen molar-refractivity contribution < 1.29 is 37.8 Å². The summed E-state index contributed by atoms with van der Waals surface area (Å²) in [6, 6.07) is 16.0. The highest BCUT2D eigenvalue weighted by atomic mass is 32.2. The Labute approximate surface area is 272 Å². The molecule has 3 aromatic rings. The van der Waals surface area contributed by atoms with Crippen molar-refractivity contribution in [3.63, 3.8) is 0 Å². The standard InChI is InChI=1S/C32H38N6O8S/c33-35-15-16-38(24-11-6-14-34-20-24)28(39)19-27(37-47(45,46)25-13-12-21-7-4-5-10-23(21)17-25)31(42)36-30(22-8-2-1-3-9-22)26(32(43)44)18-29(40)41/h1-5,7-10,12-13,15,17,24,26-27,30,34,37H,6,11,14,16,18-20,33H2,(H,36,42)(H,40,41)(H,43,44)/t24?,26-,27+,30+/m0/s1. The van der Waals surface area contributed by atoms with Gasteiger partial charge in [0.2, 0.25) is 21.8 Å². The van der Waals surface area contributed by atoms with Crippen molar-refractivity contribution in [1.82, 2.24) is 20.3 Å². The molecule has 0 radical (unpaired) electrons. The fourth-order valence-electron chi connectivity index (χ4n) is 5.63. The second-order valence-electron chi connectivity index (χ2n) is 11.2. The zero-order valence-corrected chi connectivity index (χ0v) is 26.3. The fourth-order valence-corrected chi connectivity index (χ4v) is 6.86. The van der Waals surface area contributed by atoms with E-state index in [1.54, 1.807) is 36.4 Å². The smallest absolute Gasteiger partial charge is 0.309 e. The van der Waals surface area contributed by atoms with Crippen LogP contribution in [0.4, 0.5) is 0 Å². The molecule has 1 unspecified atom stereocenters. The number of aliphatic carboxylic acids is 2. The molecule has 4 rings (SSSR count). The number of piperidine rings is 1. The quantitative estimate of drug-likeness (QED) is 0.0778. The minimum atomic E-state index is -4.42. The number of fused-ring (bicyclic) bond motifs is 1. The van der Waals surface area contributed by atoms with Gasteiger partial charge < -0.3 is 31.6 Å². The van der Waals surface area contributed by atoms with E-state index >= 15 is 0 Å². The maximum Gasteiger partial charge on any atom is 0.309 e. The third-order valence-corrected chi connectivity index (χ3v) is 9.48. The SMILES string of the molecule is NN=CCN(C(=O)C[C@@H](NS(=O)(=O)c1ccc2ccccc2c1)C(=O)N[C@H](c1ccccc1)[C@H](CC(=O)O)C(=O)O)C1CCCNC1. The number of carboxylic acids is 2. The number of nitrogens with one attached hydrogen (secondary N) is 3. The summed E-state index contributed by atoms with van der Waals surface area (Å²) in [6.45, 7) is 1.25. The van der Waals surface area contributed by atoms with Crippen molar-refractivity contribution in [1.29, 1.82) is 0 Å². The maximum atomic E-state index is 14.0. The van der Waals surface area contributed by atoms with Crippen molar-refractivity contribution in [2.75, 3.05) is 19.6 Å². The first-order valence-electron chi connectivity index (χ1n) is 15.0. The molecule has 14 nitrogen and oxygen atoms in total. The van der Waals surface area contributed by atoms with Gasteiger partial charge in [-0.2, -0.15) is 9.82 Å². The van der Waals surface area contributed by atoms with Crippen LogP contribution in [0.3, 0.4) is 0 Å². The van der Waals surface area contributed by atoms with E-state index in [1.165, 1.54) is 35.4 Å². The molecule has 1 saturated heterocycles. The lowest BCUT2D eigenvalue weighted by Gasteiger charge is -2.35. The van der Waals surface area contributed by atoms with Gasteiger partial charge in [-0.3, -0.25) is 19.2 Å². The molecule has 3 aromatic carbocycles. The molecular weight excluding hydrogens is 628 g/mol. The van der Waals surface area contributed by atoms with Gasteiger partial charge in [0.15, 0.2) is 0 Å². The summed E-state index contributed by atoms with van der Waals surface area (Å²) in [5.41, 5.74) is 0.283. The van der Waals surface area contributed by atoms with Crippen LogP contribution in [0.25, 0.3) is 10.8 Å². The van der Waals surface area contributed by atoms with Gasteiger partial charge in [-0.25, -0.2) is 8.42 Å². The molecule has 47 heavy (non-hydrogen) atoms.